The van der Waals surface area contributed by atoms with Gasteiger partial charge in [-0.25, -0.2) is 26.9 Å². The van der Waals surface area contributed by atoms with Gasteiger partial charge in [-0.3, -0.25) is 4.90 Å². The van der Waals surface area contributed by atoms with Crippen LogP contribution in [0.1, 0.15) is 38.3 Å². The van der Waals surface area contributed by atoms with E-state index in [0.717, 1.165) is 33.3 Å². The third-order valence-corrected chi connectivity index (χ3v) is 11.2. The van der Waals surface area contributed by atoms with E-state index >= 15 is 4.39 Å². The zero-order valence-corrected chi connectivity index (χ0v) is 30.7. The monoisotopic (exact) mass is 746 g/mol. The number of thiazole rings is 1. The van der Waals surface area contributed by atoms with E-state index < -0.39 is 44.1 Å². The summed E-state index contributed by atoms with van der Waals surface area (Å²) in [6.07, 6.45) is 0.574. The third-order valence-electron chi connectivity index (χ3n) is 8.21. The Morgan fingerprint density at radius 1 is 1.16 bits per heavy atom. The molecule has 2 N–H and O–H groups in total. The number of nitrogens with one attached hydrogen (secondary N) is 1. The highest BCUT2D eigenvalue weighted by atomic mass is 35.5. The normalized spacial score (nSPS) is 17.8. The van der Waals surface area contributed by atoms with Crippen molar-refractivity contribution in [1.82, 2.24) is 9.88 Å². The van der Waals surface area contributed by atoms with Crippen LogP contribution in [0.5, 0.6) is 11.5 Å². The van der Waals surface area contributed by atoms with Crippen molar-refractivity contribution in [3.05, 3.63) is 94.2 Å². The first-order valence-corrected chi connectivity index (χ1v) is 18.4. The molecule has 0 unspecified atom stereocenters. The smallest absolute Gasteiger partial charge is 0.410 e. The molecule has 50 heavy (non-hydrogen) atoms. The van der Waals surface area contributed by atoms with Crippen LogP contribution in [-0.2, 0) is 27.7 Å². The number of nitrogens with zero attached hydrogens (tertiary/aromatic N) is 3. The standard InChI is InChI=1S/C35H40ClFN4O7S2/c1-34(2,3)48-33(43)40-21-25(42)19-35(40,18-23-9-7-6-8-10-23)22-39-29-17-28(37)31(16-27(29)36)50(44,45)41(32-38-13-14-49-32)20-24-11-12-26(46-4)15-30(24)47-5/h6-17,25,39,42H,18-22H2,1-5H3/t25-,35-/m0/s1. The van der Waals surface area contributed by atoms with E-state index in [0.29, 0.717) is 23.5 Å². The molecule has 4 aromatic rings. The number of methoxy groups -OCH3 is 2. The average Bonchev–Trinajstić information content (AvgIpc) is 3.71. The van der Waals surface area contributed by atoms with Crippen LogP contribution in [0.4, 0.5) is 20.0 Å². The van der Waals surface area contributed by atoms with E-state index in [2.05, 4.69) is 10.3 Å². The number of benzene rings is 3. The second kappa shape index (κ2) is 15.0. The van der Waals surface area contributed by atoms with Crippen molar-refractivity contribution in [2.24, 2.45) is 0 Å². The van der Waals surface area contributed by atoms with Crippen molar-refractivity contribution in [2.75, 3.05) is 36.9 Å². The fourth-order valence-electron chi connectivity index (χ4n) is 5.95. The number of β-amino-alcohol motifs (C(OH)–C–C–N with tert-alkyl or cyclic N) is 1. The van der Waals surface area contributed by atoms with Gasteiger partial charge in [-0.2, -0.15) is 0 Å². The summed E-state index contributed by atoms with van der Waals surface area (Å²) in [5, 5.41) is 15.6. The van der Waals surface area contributed by atoms with E-state index in [1.54, 1.807) is 44.4 Å². The van der Waals surface area contributed by atoms with E-state index in [1.165, 1.54) is 25.3 Å². The van der Waals surface area contributed by atoms with Gasteiger partial charge in [-0.05, 0) is 57.0 Å². The van der Waals surface area contributed by atoms with E-state index in [9.17, 15) is 18.3 Å². The van der Waals surface area contributed by atoms with Crippen molar-refractivity contribution in [1.29, 1.82) is 0 Å². The van der Waals surface area contributed by atoms with Crippen LogP contribution in [0.3, 0.4) is 0 Å². The van der Waals surface area contributed by atoms with Crippen LogP contribution in [0.2, 0.25) is 5.02 Å². The Balaban J connectivity index is 1.47. The lowest BCUT2D eigenvalue weighted by Gasteiger charge is -2.39. The van der Waals surface area contributed by atoms with Crippen molar-refractivity contribution < 1.29 is 36.9 Å². The maximum atomic E-state index is 16.0. The van der Waals surface area contributed by atoms with Crippen LogP contribution >= 0.6 is 22.9 Å². The Labute approximate surface area is 300 Å². The van der Waals surface area contributed by atoms with Gasteiger partial charge < -0.3 is 24.6 Å². The molecular formula is C35H40ClFN4O7S2. The zero-order chi connectivity index (χ0) is 36.3. The topological polar surface area (TPSA) is 131 Å². The van der Waals surface area contributed by atoms with Gasteiger partial charge in [0.15, 0.2) is 5.13 Å². The third kappa shape index (κ3) is 8.26. The first-order valence-electron chi connectivity index (χ1n) is 15.7. The Morgan fingerprint density at radius 2 is 1.90 bits per heavy atom. The first-order chi connectivity index (χ1) is 23.7. The molecule has 11 nitrogen and oxygen atoms in total. The van der Waals surface area contributed by atoms with Crippen molar-refractivity contribution in [3.63, 3.8) is 0 Å². The number of aliphatic hydroxyl groups is 1. The molecule has 1 amide bonds. The molecule has 5 rings (SSSR count). The van der Waals surface area contributed by atoms with Gasteiger partial charge in [0, 0.05) is 36.2 Å². The van der Waals surface area contributed by atoms with Gasteiger partial charge in [0.25, 0.3) is 10.0 Å². The average molecular weight is 747 g/mol. The molecule has 3 aromatic carbocycles. The minimum Gasteiger partial charge on any atom is -0.497 e. The number of likely N-dealkylation sites (tertiary alicyclic amines) is 1. The lowest BCUT2D eigenvalue weighted by Crippen LogP contribution is -2.54. The number of halogens is 2. The molecule has 1 aliphatic rings. The van der Waals surface area contributed by atoms with E-state index in [4.69, 9.17) is 25.8 Å². The zero-order valence-electron chi connectivity index (χ0n) is 28.4. The molecular weight excluding hydrogens is 707 g/mol. The highest BCUT2D eigenvalue weighted by Gasteiger charge is 2.49. The fraction of sp³-hybridized carbons (Fsp3) is 0.371. The molecule has 1 saturated heterocycles. The van der Waals surface area contributed by atoms with Gasteiger partial charge in [-0.1, -0.05) is 41.9 Å². The predicted octanol–water partition coefficient (Wildman–Crippen LogP) is 6.74. The Bertz CT molecular complexity index is 1910. The number of rotatable bonds is 12. The summed E-state index contributed by atoms with van der Waals surface area (Å²) in [7, 11) is -1.60. The highest BCUT2D eigenvalue weighted by Crippen LogP contribution is 2.38. The van der Waals surface area contributed by atoms with Crippen molar-refractivity contribution in [3.8, 4) is 11.5 Å². The van der Waals surface area contributed by atoms with Gasteiger partial charge in [-0.15, -0.1) is 11.3 Å². The van der Waals surface area contributed by atoms with Crippen LogP contribution < -0.4 is 19.1 Å². The van der Waals surface area contributed by atoms with Crippen molar-refractivity contribution >= 4 is 49.9 Å². The Hall–Kier alpha value is -4.11. The molecule has 15 heteroatoms. The highest BCUT2D eigenvalue weighted by molar-refractivity contribution is 7.93. The molecule has 2 heterocycles. The van der Waals surface area contributed by atoms with Crippen LogP contribution in [0.15, 0.2) is 77.1 Å². The number of aromatic nitrogens is 1. The molecule has 0 aliphatic carbocycles. The molecule has 268 valence electrons. The second-order valence-corrected chi connectivity index (χ2v) is 16.1. The number of anilines is 2. The molecule has 0 bridgehead atoms. The molecule has 1 fully saturated rings. The summed E-state index contributed by atoms with van der Waals surface area (Å²) in [6, 6.07) is 16.5. The summed E-state index contributed by atoms with van der Waals surface area (Å²) in [5.41, 5.74) is -0.263. The number of carbonyl (C=O) groups is 1. The lowest BCUT2D eigenvalue weighted by atomic mass is 9.87. The maximum absolute atomic E-state index is 16.0. The summed E-state index contributed by atoms with van der Waals surface area (Å²) >= 11 is 7.74. The largest absolute Gasteiger partial charge is 0.497 e. The Kier molecular flexibility index (Phi) is 11.2. The summed E-state index contributed by atoms with van der Waals surface area (Å²) in [4.78, 5) is 18.5. The number of ether oxygens (including phenoxy) is 3. The van der Waals surface area contributed by atoms with Crippen LogP contribution in [0, 0.1) is 5.82 Å². The molecule has 2 atom stereocenters. The Morgan fingerprint density at radius 3 is 2.54 bits per heavy atom. The maximum Gasteiger partial charge on any atom is 0.410 e. The summed E-state index contributed by atoms with van der Waals surface area (Å²) in [5.74, 6) is -0.157. The number of hydrogen-bond acceptors (Lipinski definition) is 10. The first kappa shape index (κ1) is 37.2. The summed E-state index contributed by atoms with van der Waals surface area (Å²) < 4.78 is 61.8. The van der Waals surface area contributed by atoms with E-state index in [1.807, 2.05) is 30.3 Å². The molecule has 1 aliphatic heterocycles. The fourth-order valence-corrected chi connectivity index (χ4v) is 8.59. The van der Waals surface area contributed by atoms with Gasteiger partial charge in [0.2, 0.25) is 0 Å². The SMILES string of the molecule is COc1ccc(CN(c2nccs2)S(=O)(=O)c2cc(Cl)c(NC[C@]3(Cc4ccccc4)C[C@H](O)CN3C(=O)OC(C)(C)C)cc2F)c(OC)c1. The van der Waals surface area contributed by atoms with E-state index in [-0.39, 0.29) is 41.9 Å². The second-order valence-electron chi connectivity index (χ2n) is 13.0. The summed E-state index contributed by atoms with van der Waals surface area (Å²) in [6.45, 7) is 5.15. The number of aliphatic hydroxyl groups excluding tert-OH is 1. The molecule has 1 aromatic heterocycles. The molecule has 0 saturated carbocycles. The predicted molar refractivity (Wildman–Crippen MR) is 191 cm³/mol. The minimum absolute atomic E-state index is 0.0360. The van der Waals surface area contributed by atoms with Gasteiger partial charge in [0.05, 0.1) is 49.7 Å². The van der Waals surface area contributed by atoms with Crippen molar-refractivity contribution in [2.45, 2.75) is 62.3 Å². The number of sulfonamides is 1. The van der Waals surface area contributed by atoms with Gasteiger partial charge in [0.1, 0.15) is 27.8 Å². The number of amides is 1. The molecule has 0 spiro atoms. The quantitative estimate of drug-likeness (QED) is 0.162. The minimum atomic E-state index is -4.56. The van der Waals surface area contributed by atoms with Gasteiger partial charge >= 0.3 is 6.09 Å². The number of hydrogen-bond donors (Lipinski definition) is 2. The molecule has 0 radical (unpaired) electrons. The number of carbonyl (C=O) groups excluding carboxylic acids is 1. The lowest BCUT2D eigenvalue weighted by molar-refractivity contribution is 0.00895. The van der Waals surface area contributed by atoms with Crippen LogP contribution in [0.25, 0.3) is 0 Å². The van der Waals surface area contributed by atoms with Crippen LogP contribution in [-0.4, -0.2) is 74.1 Å².